The zero-order valence-electron chi connectivity index (χ0n) is 15.4. The van der Waals surface area contributed by atoms with E-state index in [1.165, 1.54) is 34.8 Å². The van der Waals surface area contributed by atoms with E-state index in [4.69, 9.17) is 0 Å². The summed E-state index contributed by atoms with van der Waals surface area (Å²) in [7, 11) is 0. The molecule has 0 heterocycles. The van der Waals surface area contributed by atoms with Gasteiger partial charge in [-0.3, -0.25) is 4.79 Å². The summed E-state index contributed by atoms with van der Waals surface area (Å²) in [6, 6.07) is 14.4. The van der Waals surface area contributed by atoms with Crippen molar-refractivity contribution >= 4 is 22.6 Å². The summed E-state index contributed by atoms with van der Waals surface area (Å²) in [5.41, 5.74) is 3.98. The Morgan fingerprint density at radius 1 is 1.00 bits per heavy atom. The van der Waals surface area contributed by atoms with E-state index in [-0.39, 0.29) is 11.2 Å². The molecule has 1 heteroatoms. The Morgan fingerprint density at radius 2 is 1.72 bits per heavy atom. The lowest BCUT2D eigenvalue weighted by molar-refractivity contribution is -0.110. The molecule has 0 atom stereocenters. The van der Waals surface area contributed by atoms with Crippen LogP contribution in [0.2, 0.25) is 0 Å². The van der Waals surface area contributed by atoms with Crippen LogP contribution in [0.4, 0.5) is 0 Å². The molecule has 0 saturated heterocycles. The van der Waals surface area contributed by atoms with Crippen molar-refractivity contribution in [3.63, 3.8) is 0 Å². The molecule has 0 N–H and O–H groups in total. The van der Waals surface area contributed by atoms with Crippen LogP contribution in [0.1, 0.15) is 45.6 Å². The van der Waals surface area contributed by atoms with Gasteiger partial charge >= 0.3 is 0 Å². The van der Waals surface area contributed by atoms with Gasteiger partial charge in [0.25, 0.3) is 0 Å². The van der Waals surface area contributed by atoms with Crippen molar-refractivity contribution in [3.8, 4) is 0 Å². The van der Waals surface area contributed by atoms with Crippen LogP contribution in [0.25, 0.3) is 16.8 Å². The Morgan fingerprint density at radius 3 is 2.52 bits per heavy atom. The van der Waals surface area contributed by atoms with Gasteiger partial charge in [-0.2, -0.15) is 0 Å². The fraction of sp³-hybridized carbons (Fsp3) is 0.292. The van der Waals surface area contributed by atoms with Crippen LogP contribution in [0.3, 0.4) is 0 Å². The highest BCUT2D eigenvalue weighted by atomic mass is 16.1. The second-order valence-electron chi connectivity index (χ2n) is 7.57. The number of fused-ring (bicyclic) bond motifs is 1. The molecule has 1 nitrogen and oxygen atoms in total. The maximum atomic E-state index is 12.3. The highest BCUT2D eigenvalue weighted by Crippen LogP contribution is 2.40. The summed E-state index contributed by atoms with van der Waals surface area (Å²) < 4.78 is 0. The van der Waals surface area contributed by atoms with Gasteiger partial charge in [-0.15, -0.1) is 0 Å². The van der Waals surface area contributed by atoms with Crippen LogP contribution in [0, 0.1) is 5.41 Å². The Labute approximate surface area is 150 Å². The standard InChI is InChI=1S/C24H26O/c1-18-8-7-17-24(2,3)23(18)16-15-21(25)14-13-20-11-6-10-19-9-4-5-12-22(19)20/h4-6,9-16H,7-8,17H2,1-3H3/b14-13+,16-15+. The number of carbonyl (C=O) groups is 1. The lowest BCUT2D eigenvalue weighted by Crippen LogP contribution is -2.19. The minimum Gasteiger partial charge on any atom is -0.290 e. The van der Waals surface area contributed by atoms with Gasteiger partial charge in [0.2, 0.25) is 0 Å². The highest BCUT2D eigenvalue weighted by molar-refractivity contribution is 6.03. The molecule has 0 amide bonds. The van der Waals surface area contributed by atoms with E-state index in [9.17, 15) is 4.79 Å². The van der Waals surface area contributed by atoms with Crippen molar-refractivity contribution in [3.05, 3.63) is 77.4 Å². The van der Waals surface area contributed by atoms with Crippen LogP contribution in [0.5, 0.6) is 0 Å². The van der Waals surface area contributed by atoms with Crippen molar-refractivity contribution in [1.29, 1.82) is 0 Å². The fourth-order valence-corrected chi connectivity index (χ4v) is 3.80. The Bertz CT molecular complexity index is 873. The molecule has 128 valence electrons. The quantitative estimate of drug-likeness (QED) is 0.584. The minimum atomic E-state index is 0.0367. The summed E-state index contributed by atoms with van der Waals surface area (Å²) in [4.78, 5) is 12.3. The van der Waals surface area contributed by atoms with Crippen LogP contribution in [-0.4, -0.2) is 5.78 Å². The second-order valence-corrected chi connectivity index (χ2v) is 7.57. The van der Waals surface area contributed by atoms with Gasteiger partial charge in [0.05, 0.1) is 0 Å². The predicted molar refractivity (Wildman–Crippen MR) is 107 cm³/mol. The van der Waals surface area contributed by atoms with Crippen molar-refractivity contribution in [1.82, 2.24) is 0 Å². The maximum absolute atomic E-state index is 12.3. The first-order chi connectivity index (χ1) is 12.0. The van der Waals surface area contributed by atoms with Gasteiger partial charge in [-0.05, 0) is 65.7 Å². The van der Waals surface area contributed by atoms with Crippen molar-refractivity contribution < 1.29 is 4.79 Å². The molecule has 3 rings (SSSR count). The van der Waals surface area contributed by atoms with E-state index in [1.807, 2.05) is 36.4 Å². The zero-order chi connectivity index (χ0) is 17.9. The number of allylic oxidation sites excluding steroid dienone is 5. The number of hydrogen-bond donors (Lipinski definition) is 0. The van der Waals surface area contributed by atoms with Crippen LogP contribution >= 0.6 is 0 Å². The normalized spacial score (nSPS) is 17.7. The smallest absolute Gasteiger partial charge is 0.178 e. The highest BCUT2D eigenvalue weighted by Gasteiger charge is 2.26. The van der Waals surface area contributed by atoms with Crippen molar-refractivity contribution in [2.24, 2.45) is 5.41 Å². The summed E-state index contributed by atoms with van der Waals surface area (Å²) in [6.45, 7) is 6.73. The Hall–Kier alpha value is -2.41. The topological polar surface area (TPSA) is 17.1 Å². The average Bonchev–Trinajstić information content (AvgIpc) is 2.59. The third-order valence-electron chi connectivity index (χ3n) is 5.21. The summed E-state index contributed by atoms with van der Waals surface area (Å²) >= 11 is 0. The predicted octanol–water partition coefficient (Wildman–Crippen LogP) is 6.50. The molecule has 1 aliphatic rings. The maximum Gasteiger partial charge on any atom is 0.178 e. The van der Waals surface area contributed by atoms with Crippen molar-refractivity contribution in [2.45, 2.75) is 40.0 Å². The summed E-state index contributed by atoms with van der Waals surface area (Å²) in [5.74, 6) is 0.0367. The third-order valence-corrected chi connectivity index (χ3v) is 5.21. The minimum absolute atomic E-state index is 0.0367. The second kappa shape index (κ2) is 7.23. The third kappa shape index (κ3) is 3.99. The van der Waals surface area contributed by atoms with Crippen molar-refractivity contribution in [2.75, 3.05) is 0 Å². The van der Waals surface area contributed by atoms with Gasteiger partial charge < -0.3 is 0 Å². The first-order valence-corrected chi connectivity index (χ1v) is 9.05. The van der Waals surface area contributed by atoms with Gasteiger partial charge in [-0.25, -0.2) is 0 Å². The molecule has 0 saturated carbocycles. The molecule has 0 fully saturated rings. The van der Waals surface area contributed by atoms with E-state index in [0.29, 0.717) is 0 Å². The van der Waals surface area contributed by atoms with Gasteiger partial charge in [0.15, 0.2) is 5.78 Å². The zero-order valence-corrected chi connectivity index (χ0v) is 15.4. The van der Waals surface area contributed by atoms with Gasteiger partial charge in [-0.1, -0.05) is 74.0 Å². The molecule has 2 aromatic carbocycles. The Kier molecular flexibility index (Phi) is 5.03. The number of carbonyl (C=O) groups excluding carboxylic acids is 1. The summed E-state index contributed by atoms with van der Waals surface area (Å²) in [6.07, 6.45) is 10.9. The first-order valence-electron chi connectivity index (χ1n) is 9.05. The fourth-order valence-electron chi connectivity index (χ4n) is 3.80. The van der Waals surface area contributed by atoms with E-state index in [0.717, 1.165) is 12.0 Å². The van der Waals surface area contributed by atoms with E-state index < -0.39 is 0 Å². The lowest BCUT2D eigenvalue weighted by atomic mass is 9.72. The first kappa shape index (κ1) is 17.4. The molecular weight excluding hydrogens is 304 g/mol. The Balaban J connectivity index is 1.79. The number of rotatable bonds is 4. The number of hydrogen-bond acceptors (Lipinski definition) is 1. The van der Waals surface area contributed by atoms with E-state index in [2.05, 4.69) is 39.0 Å². The van der Waals surface area contributed by atoms with E-state index in [1.54, 1.807) is 12.2 Å². The number of benzene rings is 2. The molecule has 0 radical (unpaired) electrons. The average molecular weight is 330 g/mol. The molecule has 0 bridgehead atoms. The van der Waals surface area contributed by atoms with Gasteiger partial charge in [0.1, 0.15) is 0 Å². The largest absolute Gasteiger partial charge is 0.290 e. The molecule has 2 aromatic rings. The molecule has 1 aliphatic carbocycles. The number of ketones is 1. The SMILES string of the molecule is CC1=C(/C=C/C(=O)/C=C/c2cccc3ccccc23)C(C)(C)CCC1. The van der Waals surface area contributed by atoms with Gasteiger partial charge in [0, 0.05) is 0 Å². The molecular formula is C24H26O. The monoisotopic (exact) mass is 330 g/mol. The van der Waals surface area contributed by atoms with Crippen LogP contribution < -0.4 is 0 Å². The molecule has 0 unspecified atom stereocenters. The lowest BCUT2D eigenvalue weighted by Gasteiger charge is -2.32. The molecule has 0 aromatic heterocycles. The van der Waals surface area contributed by atoms with E-state index >= 15 is 0 Å². The van der Waals surface area contributed by atoms with Crippen LogP contribution in [0.15, 0.2) is 71.8 Å². The molecule has 25 heavy (non-hydrogen) atoms. The summed E-state index contributed by atoms with van der Waals surface area (Å²) in [5, 5.41) is 2.36. The molecule has 0 aliphatic heterocycles. The van der Waals surface area contributed by atoms with Crippen LogP contribution in [-0.2, 0) is 4.79 Å². The molecule has 0 spiro atoms.